The quantitative estimate of drug-likeness (QED) is 0.693. The minimum Gasteiger partial charge on any atom is -0.497 e. The van der Waals surface area contributed by atoms with Crippen molar-refractivity contribution in [1.82, 2.24) is 9.80 Å². The SMILES string of the molecule is COc1cccc(CN2CC3(CC(OCC(=O)N(C)C)CCO3)C2)c1.O=C(O)C(F)(F)F. The number of amides is 1. The molecule has 2 fully saturated rings. The van der Waals surface area contributed by atoms with Crippen LogP contribution in [-0.2, 0) is 25.6 Å². The van der Waals surface area contributed by atoms with Gasteiger partial charge in [0, 0.05) is 46.8 Å². The summed E-state index contributed by atoms with van der Waals surface area (Å²) in [4.78, 5) is 24.5. The molecule has 2 saturated heterocycles. The molecule has 0 aliphatic carbocycles. The van der Waals surface area contributed by atoms with Gasteiger partial charge in [0.25, 0.3) is 0 Å². The second kappa shape index (κ2) is 11.0. The Kier molecular flexibility index (Phi) is 8.88. The zero-order chi connectivity index (χ0) is 23.9. The van der Waals surface area contributed by atoms with Gasteiger partial charge in [0.2, 0.25) is 5.91 Å². The molecule has 1 atom stereocenters. The minimum atomic E-state index is -5.08. The normalized spacial score (nSPS) is 20.0. The van der Waals surface area contributed by atoms with Crippen molar-refractivity contribution in [2.45, 2.75) is 37.3 Å². The van der Waals surface area contributed by atoms with Crippen molar-refractivity contribution >= 4 is 11.9 Å². The molecule has 0 saturated carbocycles. The van der Waals surface area contributed by atoms with E-state index in [0.717, 1.165) is 38.2 Å². The zero-order valence-electron chi connectivity index (χ0n) is 18.4. The van der Waals surface area contributed by atoms with Crippen molar-refractivity contribution in [3.05, 3.63) is 29.8 Å². The second-order valence-electron chi connectivity index (χ2n) is 8.05. The fraction of sp³-hybridized carbons (Fsp3) is 0.619. The smallest absolute Gasteiger partial charge is 0.490 e. The molecule has 0 bridgehead atoms. The maximum atomic E-state index is 11.7. The number of carbonyl (C=O) groups excluding carboxylic acids is 1. The van der Waals surface area contributed by atoms with Gasteiger partial charge >= 0.3 is 12.1 Å². The number of likely N-dealkylation sites (tertiary alicyclic amines) is 1. The third kappa shape index (κ3) is 7.64. The summed E-state index contributed by atoms with van der Waals surface area (Å²) in [5.41, 5.74) is 1.14. The van der Waals surface area contributed by atoms with Gasteiger partial charge in [0.15, 0.2) is 0 Å². The third-order valence-electron chi connectivity index (χ3n) is 5.20. The number of methoxy groups -OCH3 is 1. The number of aliphatic carboxylic acids is 1. The number of carboxylic acids is 1. The molecule has 8 nitrogen and oxygen atoms in total. The number of nitrogens with zero attached hydrogens (tertiary/aromatic N) is 2. The van der Waals surface area contributed by atoms with E-state index in [4.69, 9.17) is 24.1 Å². The van der Waals surface area contributed by atoms with Gasteiger partial charge in [0.05, 0.1) is 18.8 Å². The van der Waals surface area contributed by atoms with Gasteiger partial charge in [-0.05, 0) is 24.1 Å². The lowest BCUT2D eigenvalue weighted by Gasteiger charge is -2.53. The van der Waals surface area contributed by atoms with Crippen molar-refractivity contribution in [2.75, 3.05) is 47.5 Å². The summed E-state index contributed by atoms with van der Waals surface area (Å²) in [6.07, 6.45) is -3.25. The lowest BCUT2D eigenvalue weighted by atomic mass is 9.84. The van der Waals surface area contributed by atoms with Gasteiger partial charge < -0.3 is 24.2 Å². The van der Waals surface area contributed by atoms with Crippen LogP contribution in [-0.4, -0.2) is 92.2 Å². The predicted molar refractivity (Wildman–Crippen MR) is 108 cm³/mol. The number of ether oxygens (including phenoxy) is 3. The Morgan fingerprint density at radius 3 is 2.53 bits per heavy atom. The van der Waals surface area contributed by atoms with E-state index in [0.29, 0.717) is 6.61 Å². The second-order valence-corrected chi connectivity index (χ2v) is 8.05. The van der Waals surface area contributed by atoms with Crippen molar-refractivity contribution in [3.63, 3.8) is 0 Å². The van der Waals surface area contributed by atoms with Crippen molar-refractivity contribution in [1.29, 1.82) is 0 Å². The van der Waals surface area contributed by atoms with Crippen LogP contribution in [0.25, 0.3) is 0 Å². The van der Waals surface area contributed by atoms with Crippen LogP contribution in [0.5, 0.6) is 5.75 Å². The molecule has 0 aromatic heterocycles. The molecule has 1 N–H and O–H groups in total. The molecular formula is C21H29F3N2O6. The lowest BCUT2D eigenvalue weighted by Crippen LogP contribution is -2.65. The molecule has 180 valence electrons. The van der Waals surface area contributed by atoms with E-state index in [-0.39, 0.29) is 24.2 Å². The van der Waals surface area contributed by atoms with E-state index < -0.39 is 12.1 Å². The first kappa shape index (κ1) is 25.9. The lowest BCUT2D eigenvalue weighted by molar-refractivity contribution is -0.200. The number of rotatable bonds is 6. The average Bonchev–Trinajstić information content (AvgIpc) is 2.71. The maximum Gasteiger partial charge on any atom is 0.490 e. The molecule has 32 heavy (non-hydrogen) atoms. The van der Waals surface area contributed by atoms with Gasteiger partial charge in [0.1, 0.15) is 12.4 Å². The van der Waals surface area contributed by atoms with Crippen molar-refractivity contribution in [2.24, 2.45) is 0 Å². The molecule has 2 aliphatic heterocycles. The topological polar surface area (TPSA) is 88.5 Å². The van der Waals surface area contributed by atoms with Gasteiger partial charge in [-0.2, -0.15) is 13.2 Å². The maximum absolute atomic E-state index is 11.7. The molecule has 1 spiro atoms. The van der Waals surface area contributed by atoms with E-state index >= 15 is 0 Å². The van der Waals surface area contributed by atoms with Crippen LogP contribution in [0.3, 0.4) is 0 Å². The Bertz CT molecular complexity index is 781. The summed E-state index contributed by atoms with van der Waals surface area (Å²) in [6, 6.07) is 8.17. The monoisotopic (exact) mass is 462 g/mol. The molecule has 1 aromatic rings. The predicted octanol–water partition coefficient (Wildman–Crippen LogP) is 2.17. The molecule has 1 amide bonds. The summed E-state index contributed by atoms with van der Waals surface area (Å²) >= 11 is 0. The number of alkyl halides is 3. The van der Waals surface area contributed by atoms with E-state index in [1.807, 2.05) is 12.1 Å². The number of halogens is 3. The molecular weight excluding hydrogens is 433 g/mol. The Balaban J connectivity index is 0.000000451. The molecule has 0 radical (unpaired) electrons. The van der Waals surface area contributed by atoms with Gasteiger partial charge in [-0.25, -0.2) is 4.79 Å². The molecule has 2 heterocycles. The minimum absolute atomic E-state index is 0.00815. The van der Waals surface area contributed by atoms with Crippen molar-refractivity contribution in [3.8, 4) is 5.75 Å². The highest BCUT2D eigenvalue weighted by Gasteiger charge is 2.47. The molecule has 1 unspecified atom stereocenters. The Morgan fingerprint density at radius 2 is 1.97 bits per heavy atom. The van der Waals surface area contributed by atoms with E-state index in [1.165, 1.54) is 5.56 Å². The number of hydrogen-bond donors (Lipinski definition) is 1. The first-order valence-corrected chi connectivity index (χ1v) is 10.1. The fourth-order valence-electron chi connectivity index (χ4n) is 3.57. The highest BCUT2D eigenvalue weighted by Crippen LogP contribution is 2.36. The van der Waals surface area contributed by atoms with Crippen LogP contribution in [0.4, 0.5) is 13.2 Å². The summed E-state index contributed by atoms with van der Waals surface area (Å²) in [6.45, 7) is 3.57. The number of benzene rings is 1. The van der Waals surface area contributed by atoms with Gasteiger partial charge in [-0.3, -0.25) is 9.69 Å². The summed E-state index contributed by atoms with van der Waals surface area (Å²) in [7, 11) is 5.19. The number of likely N-dealkylation sites (N-methyl/N-ethyl adjacent to an activating group) is 1. The zero-order valence-corrected chi connectivity index (χ0v) is 18.4. The average molecular weight is 462 g/mol. The summed E-state index contributed by atoms with van der Waals surface area (Å²) in [5.74, 6) is -1.86. The van der Waals surface area contributed by atoms with Gasteiger partial charge in [-0.1, -0.05) is 12.1 Å². The molecule has 2 aliphatic rings. The van der Waals surface area contributed by atoms with Crippen molar-refractivity contribution < 1.29 is 42.1 Å². The molecule has 1 aromatic carbocycles. The van der Waals surface area contributed by atoms with Gasteiger partial charge in [-0.15, -0.1) is 0 Å². The van der Waals surface area contributed by atoms with Crippen LogP contribution in [0, 0.1) is 0 Å². The summed E-state index contributed by atoms with van der Waals surface area (Å²) in [5, 5.41) is 7.12. The van der Waals surface area contributed by atoms with Crippen LogP contribution < -0.4 is 4.74 Å². The largest absolute Gasteiger partial charge is 0.497 e. The molecule has 3 rings (SSSR count). The van der Waals surface area contributed by atoms with Crippen LogP contribution in [0.15, 0.2) is 24.3 Å². The third-order valence-corrected chi connectivity index (χ3v) is 5.20. The standard InChI is InChI=1S/C19H28N2O4.C2HF3O2/c1-20(2)18(22)12-24-17-7-8-25-19(10-17)13-21(14-19)11-15-5-4-6-16(9-15)23-3;3-2(4,5)1(6)7/h4-6,9,17H,7-8,10-14H2,1-3H3;(H,6,7). The number of carbonyl (C=O) groups is 2. The summed E-state index contributed by atoms with van der Waals surface area (Å²) < 4.78 is 48.9. The number of hydrogen-bond acceptors (Lipinski definition) is 6. The Hall–Kier alpha value is -2.37. The van der Waals surface area contributed by atoms with E-state index in [2.05, 4.69) is 17.0 Å². The highest BCUT2D eigenvalue weighted by atomic mass is 19.4. The van der Waals surface area contributed by atoms with Crippen LogP contribution in [0.1, 0.15) is 18.4 Å². The highest BCUT2D eigenvalue weighted by molar-refractivity contribution is 5.76. The van der Waals surface area contributed by atoms with Crippen LogP contribution in [0.2, 0.25) is 0 Å². The first-order chi connectivity index (χ1) is 14.9. The van der Waals surface area contributed by atoms with Crippen LogP contribution >= 0.6 is 0 Å². The van der Waals surface area contributed by atoms with E-state index in [1.54, 1.807) is 26.1 Å². The number of carboxylic acid groups (broad SMARTS) is 1. The van der Waals surface area contributed by atoms with E-state index in [9.17, 15) is 18.0 Å². The molecule has 11 heteroatoms. The fourth-order valence-corrected chi connectivity index (χ4v) is 3.57. The Morgan fingerprint density at radius 1 is 1.31 bits per heavy atom. The first-order valence-electron chi connectivity index (χ1n) is 10.1. The Labute approximate surface area is 184 Å².